The summed E-state index contributed by atoms with van der Waals surface area (Å²) < 4.78 is 0. The molecule has 5 heteroatoms. The molecule has 1 rings (SSSR count). The molecule has 2 N–H and O–H groups in total. The maximum absolute atomic E-state index is 12.2. The lowest BCUT2D eigenvalue weighted by Crippen LogP contribution is -2.40. The van der Waals surface area contributed by atoms with Gasteiger partial charge in [-0.3, -0.25) is 14.5 Å². The van der Waals surface area contributed by atoms with Crippen molar-refractivity contribution in [3.8, 4) is 0 Å². The van der Waals surface area contributed by atoms with E-state index in [9.17, 15) is 9.59 Å². The highest BCUT2D eigenvalue weighted by Gasteiger charge is 2.19. The Labute approximate surface area is 132 Å². The predicted octanol–water partition coefficient (Wildman–Crippen LogP) is 2.72. The van der Waals surface area contributed by atoms with Gasteiger partial charge in [0.25, 0.3) is 0 Å². The zero-order valence-corrected chi connectivity index (χ0v) is 14.0. The van der Waals surface area contributed by atoms with Gasteiger partial charge >= 0.3 is 5.97 Å². The largest absolute Gasteiger partial charge is 0.481 e. The average Bonchev–Trinajstić information content (AvgIpc) is 2.43. The van der Waals surface area contributed by atoms with Crippen molar-refractivity contribution in [3.63, 3.8) is 0 Å². The predicted molar refractivity (Wildman–Crippen MR) is 88.1 cm³/mol. The van der Waals surface area contributed by atoms with Gasteiger partial charge in [0, 0.05) is 12.2 Å². The van der Waals surface area contributed by atoms with Crippen LogP contribution < -0.4 is 5.32 Å². The lowest BCUT2D eigenvalue weighted by atomic mass is 9.87. The van der Waals surface area contributed by atoms with Gasteiger partial charge in [-0.05, 0) is 37.1 Å². The number of carboxylic acids is 1. The van der Waals surface area contributed by atoms with E-state index in [1.54, 1.807) is 18.9 Å². The molecular formula is C17H26N2O3. The van der Waals surface area contributed by atoms with Crippen molar-refractivity contribution in [1.29, 1.82) is 0 Å². The van der Waals surface area contributed by atoms with E-state index in [0.29, 0.717) is 6.54 Å². The quantitative estimate of drug-likeness (QED) is 0.848. The SMILES string of the molecule is CC(C(=O)Nc1ccc(C(C)(C)C)cc1)N(C)CCC(=O)O. The first-order valence-corrected chi connectivity index (χ1v) is 7.44. The lowest BCUT2D eigenvalue weighted by Gasteiger charge is -2.23. The third-order valence-electron chi connectivity index (χ3n) is 3.74. The molecule has 0 spiro atoms. The normalized spacial score (nSPS) is 13.0. The number of carbonyl (C=O) groups excluding carboxylic acids is 1. The molecule has 1 aromatic carbocycles. The Kier molecular flexibility index (Phi) is 6.11. The number of hydrogen-bond acceptors (Lipinski definition) is 3. The van der Waals surface area contributed by atoms with Crippen LogP contribution in [-0.2, 0) is 15.0 Å². The number of anilines is 1. The molecule has 0 aliphatic rings. The van der Waals surface area contributed by atoms with E-state index in [4.69, 9.17) is 5.11 Å². The summed E-state index contributed by atoms with van der Waals surface area (Å²) in [6, 6.07) is 7.41. The van der Waals surface area contributed by atoms with Gasteiger partial charge in [0.1, 0.15) is 0 Å². The Hall–Kier alpha value is -1.88. The van der Waals surface area contributed by atoms with Crippen molar-refractivity contribution in [2.45, 2.75) is 45.6 Å². The van der Waals surface area contributed by atoms with E-state index in [0.717, 1.165) is 5.69 Å². The molecule has 5 nitrogen and oxygen atoms in total. The number of amides is 1. The van der Waals surface area contributed by atoms with Crippen molar-refractivity contribution in [2.75, 3.05) is 18.9 Å². The van der Waals surface area contributed by atoms with Crippen molar-refractivity contribution in [2.24, 2.45) is 0 Å². The van der Waals surface area contributed by atoms with Crippen LogP contribution in [0, 0.1) is 0 Å². The molecule has 0 saturated heterocycles. The number of nitrogens with zero attached hydrogens (tertiary/aromatic N) is 1. The lowest BCUT2D eigenvalue weighted by molar-refractivity contribution is -0.137. The van der Waals surface area contributed by atoms with Gasteiger partial charge in [0.05, 0.1) is 12.5 Å². The second-order valence-electron chi connectivity index (χ2n) is 6.62. The van der Waals surface area contributed by atoms with E-state index >= 15 is 0 Å². The van der Waals surface area contributed by atoms with Crippen LogP contribution in [0.1, 0.15) is 39.7 Å². The third kappa shape index (κ3) is 5.48. The van der Waals surface area contributed by atoms with Crippen LogP contribution in [0.5, 0.6) is 0 Å². The molecule has 1 unspecified atom stereocenters. The molecule has 22 heavy (non-hydrogen) atoms. The highest BCUT2D eigenvalue weighted by molar-refractivity contribution is 5.94. The molecule has 0 heterocycles. The molecule has 0 bridgehead atoms. The Morgan fingerprint density at radius 2 is 1.77 bits per heavy atom. The summed E-state index contributed by atoms with van der Waals surface area (Å²) in [7, 11) is 1.75. The maximum atomic E-state index is 12.2. The number of nitrogens with one attached hydrogen (secondary N) is 1. The van der Waals surface area contributed by atoms with Crippen molar-refractivity contribution >= 4 is 17.6 Å². The van der Waals surface area contributed by atoms with Gasteiger partial charge < -0.3 is 10.4 Å². The van der Waals surface area contributed by atoms with E-state index in [1.165, 1.54) is 5.56 Å². The number of hydrogen-bond donors (Lipinski definition) is 2. The van der Waals surface area contributed by atoms with E-state index in [1.807, 2.05) is 24.3 Å². The standard InChI is InChI=1S/C17H26N2O3/c1-12(19(5)11-10-15(20)21)16(22)18-14-8-6-13(7-9-14)17(2,3)4/h6-9,12H,10-11H2,1-5H3,(H,18,22)(H,20,21). The van der Waals surface area contributed by atoms with Gasteiger partial charge in [0.2, 0.25) is 5.91 Å². The topological polar surface area (TPSA) is 69.6 Å². The monoisotopic (exact) mass is 306 g/mol. The molecule has 0 saturated carbocycles. The zero-order chi connectivity index (χ0) is 16.9. The summed E-state index contributed by atoms with van der Waals surface area (Å²) in [5, 5.41) is 11.5. The smallest absolute Gasteiger partial charge is 0.304 e. The summed E-state index contributed by atoms with van der Waals surface area (Å²) in [6.45, 7) is 8.52. The molecule has 1 atom stereocenters. The van der Waals surface area contributed by atoms with E-state index in [-0.39, 0.29) is 23.8 Å². The Morgan fingerprint density at radius 1 is 1.23 bits per heavy atom. The molecule has 1 aromatic rings. The van der Waals surface area contributed by atoms with Crippen LogP contribution in [-0.4, -0.2) is 41.5 Å². The Balaban J connectivity index is 2.62. The van der Waals surface area contributed by atoms with Crippen LogP contribution in [0.25, 0.3) is 0 Å². The number of carboxylic acid groups (broad SMARTS) is 1. The van der Waals surface area contributed by atoms with Crippen molar-refractivity contribution in [1.82, 2.24) is 4.90 Å². The fourth-order valence-electron chi connectivity index (χ4n) is 1.97. The Morgan fingerprint density at radius 3 is 2.23 bits per heavy atom. The number of likely N-dealkylation sites (N-methyl/N-ethyl adjacent to an activating group) is 1. The molecule has 0 aliphatic heterocycles. The average molecular weight is 306 g/mol. The summed E-state index contributed by atoms with van der Waals surface area (Å²) in [4.78, 5) is 24.5. The van der Waals surface area contributed by atoms with Gasteiger partial charge in [-0.15, -0.1) is 0 Å². The first kappa shape index (κ1) is 18.2. The molecule has 122 valence electrons. The van der Waals surface area contributed by atoms with Gasteiger partial charge in [0.15, 0.2) is 0 Å². The molecule has 0 aromatic heterocycles. The van der Waals surface area contributed by atoms with Gasteiger partial charge in [-0.25, -0.2) is 0 Å². The fraction of sp³-hybridized carbons (Fsp3) is 0.529. The van der Waals surface area contributed by atoms with E-state index < -0.39 is 5.97 Å². The van der Waals surface area contributed by atoms with Crippen LogP contribution in [0.3, 0.4) is 0 Å². The fourth-order valence-corrected chi connectivity index (χ4v) is 1.97. The molecular weight excluding hydrogens is 280 g/mol. The summed E-state index contributed by atoms with van der Waals surface area (Å²) in [5.74, 6) is -1.01. The second kappa shape index (κ2) is 7.40. The molecule has 0 fully saturated rings. The number of rotatable bonds is 6. The molecule has 0 radical (unpaired) electrons. The highest BCUT2D eigenvalue weighted by atomic mass is 16.4. The minimum absolute atomic E-state index is 0.0222. The van der Waals surface area contributed by atoms with Crippen LogP contribution in [0.4, 0.5) is 5.69 Å². The highest BCUT2D eigenvalue weighted by Crippen LogP contribution is 2.23. The van der Waals surface area contributed by atoms with Crippen LogP contribution in [0.15, 0.2) is 24.3 Å². The minimum atomic E-state index is -0.864. The van der Waals surface area contributed by atoms with Crippen molar-refractivity contribution < 1.29 is 14.7 Å². The van der Waals surface area contributed by atoms with Crippen molar-refractivity contribution in [3.05, 3.63) is 29.8 Å². The van der Waals surface area contributed by atoms with Gasteiger partial charge in [-0.2, -0.15) is 0 Å². The van der Waals surface area contributed by atoms with E-state index in [2.05, 4.69) is 26.1 Å². The Bertz CT molecular complexity index is 518. The summed E-state index contributed by atoms with van der Waals surface area (Å²) in [6.07, 6.45) is 0.0222. The van der Waals surface area contributed by atoms with Crippen LogP contribution >= 0.6 is 0 Å². The molecule has 0 aliphatic carbocycles. The summed E-state index contributed by atoms with van der Waals surface area (Å²) in [5.41, 5.74) is 2.03. The first-order chi connectivity index (χ1) is 10.1. The first-order valence-electron chi connectivity index (χ1n) is 7.44. The number of aliphatic carboxylic acids is 1. The number of carbonyl (C=O) groups is 2. The minimum Gasteiger partial charge on any atom is -0.481 e. The van der Waals surface area contributed by atoms with Gasteiger partial charge in [-0.1, -0.05) is 32.9 Å². The van der Waals surface area contributed by atoms with Crippen LogP contribution in [0.2, 0.25) is 0 Å². The zero-order valence-electron chi connectivity index (χ0n) is 14.0. The third-order valence-corrected chi connectivity index (χ3v) is 3.74. The maximum Gasteiger partial charge on any atom is 0.304 e. The summed E-state index contributed by atoms with van der Waals surface area (Å²) >= 11 is 0. The molecule has 1 amide bonds. The second-order valence-corrected chi connectivity index (χ2v) is 6.62. The number of benzene rings is 1.